The van der Waals surface area contributed by atoms with Crippen LogP contribution in [0.2, 0.25) is 0 Å². The summed E-state index contributed by atoms with van der Waals surface area (Å²) in [6, 6.07) is 21.5. The van der Waals surface area contributed by atoms with Crippen molar-refractivity contribution in [3.8, 4) is 0 Å². The van der Waals surface area contributed by atoms with Crippen molar-refractivity contribution in [1.29, 1.82) is 0 Å². The fraction of sp³-hybridized carbons (Fsp3) is 0.250. The predicted molar refractivity (Wildman–Crippen MR) is 141 cm³/mol. The third-order valence-electron chi connectivity index (χ3n) is 5.17. The summed E-state index contributed by atoms with van der Waals surface area (Å²) >= 11 is 1.39. The predicted octanol–water partition coefficient (Wildman–Crippen LogP) is 6.32. The molecule has 0 radical (unpaired) electrons. The second-order valence-electron chi connectivity index (χ2n) is 8.17. The number of ether oxygens (including phenoxy) is 1. The van der Waals surface area contributed by atoms with Crippen molar-refractivity contribution in [2.75, 3.05) is 17.2 Å². The Morgan fingerprint density at radius 1 is 0.886 bits per heavy atom. The Bertz CT molecular complexity index is 1180. The Labute approximate surface area is 210 Å². The smallest absolute Gasteiger partial charge is 0.338 e. The molecule has 35 heavy (non-hydrogen) atoms. The molecule has 2 amide bonds. The second kappa shape index (κ2) is 12.8. The van der Waals surface area contributed by atoms with Gasteiger partial charge in [-0.3, -0.25) is 9.59 Å². The maximum absolute atomic E-state index is 12.7. The number of nitrogens with one attached hydrogen (secondary N) is 2. The first kappa shape index (κ1) is 26.0. The molecule has 0 aliphatic carbocycles. The summed E-state index contributed by atoms with van der Waals surface area (Å²) in [5, 5.41) is 5.40. The van der Waals surface area contributed by atoms with Gasteiger partial charge in [0.2, 0.25) is 5.91 Å². The zero-order valence-electron chi connectivity index (χ0n) is 20.2. The molecule has 3 rings (SSSR count). The van der Waals surface area contributed by atoms with Crippen LogP contribution in [0.3, 0.4) is 0 Å². The van der Waals surface area contributed by atoms with E-state index in [0.29, 0.717) is 29.1 Å². The first-order valence-electron chi connectivity index (χ1n) is 11.6. The largest absolute Gasteiger partial charge is 0.462 e. The van der Waals surface area contributed by atoms with Gasteiger partial charge in [0.25, 0.3) is 5.91 Å². The summed E-state index contributed by atoms with van der Waals surface area (Å²) in [5.74, 6) is -0.712. The number of esters is 1. The van der Waals surface area contributed by atoms with Gasteiger partial charge in [-0.1, -0.05) is 37.1 Å². The summed E-state index contributed by atoms with van der Waals surface area (Å²) in [7, 11) is 0. The summed E-state index contributed by atoms with van der Waals surface area (Å²) < 4.78 is 5.20. The molecule has 2 N–H and O–H groups in total. The minimum absolute atomic E-state index is 0.164. The average molecular weight is 491 g/mol. The second-order valence-corrected chi connectivity index (χ2v) is 9.58. The third kappa shape index (κ3) is 8.00. The van der Waals surface area contributed by atoms with E-state index in [-0.39, 0.29) is 23.0 Å². The Balaban J connectivity index is 1.55. The van der Waals surface area contributed by atoms with Gasteiger partial charge in [0, 0.05) is 21.8 Å². The summed E-state index contributed by atoms with van der Waals surface area (Å²) in [4.78, 5) is 38.1. The van der Waals surface area contributed by atoms with Crippen LogP contribution in [-0.4, -0.2) is 29.6 Å². The van der Waals surface area contributed by atoms with Gasteiger partial charge in [0.15, 0.2) is 0 Å². The number of aryl methyl sites for hydroxylation is 1. The molecule has 6 nitrogen and oxygen atoms in total. The number of rotatable bonds is 10. The van der Waals surface area contributed by atoms with E-state index < -0.39 is 0 Å². The van der Waals surface area contributed by atoms with E-state index in [4.69, 9.17) is 4.74 Å². The van der Waals surface area contributed by atoms with E-state index in [1.807, 2.05) is 63.2 Å². The average Bonchev–Trinajstić information content (AvgIpc) is 2.84. The maximum Gasteiger partial charge on any atom is 0.338 e. The van der Waals surface area contributed by atoms with Crippen LogP contribution in [0.5, 0.6) is 0 Å². The van der Waals surface area contributed by atoms with Crippen LogP contribution in [-0.2, 0) is 9.53 Å². The van der Waals surface area contributed by atoms with Gasteiger partial charge in [-0.05, 0) is 74.9 Å². The lowest BCUT2D eigenvalue weighted by molar-refractivity contribution is -0.115. The number of carbonyl (C=O) groups excluding carboxylic acids is 3. The van der Waals surface area contributed by atoms with Gasteiger partial charge in [0.1, 0.15) is 0 Å². The summed E-state index contributed by atoms with van der Waals surface area (Å²) in [6.45, 7) is 6.19. The van der Waals surface area contributed by atoms with E-state index in [0.717, 1.165) is 23.3 Å². The Morgan fingerprint density at radius 3 is 2.34 bits per heavy atom. The molecule has 0 bridgehead atoms. The van der Waals surface area contributed by atoms with Crippen LogP contribution in [0.25, 0.3) is 0 Å². The molecule has 0 fully saturated rings. The molecule has 7 heteroatoms. The van der Waals surface area contributed by atoms with E-state index in [2.05, 4.69) is 10.6 Å². The first-order chi connectivity index (χ1) is 16.9. The van der Waals surface area contributed by atoms with Crippen molar-refractivity contribution in [2.24, 2.45) is 0 Å². The van der Waals surface area contributed by atoms with Gasteiger partial charge in [0.05, 0.1) is 17.4 Å². The van der Waals surface area contributed by atoms with Crippen molar-refractivity contribution < 1.29 is 19.1 Å². The zero-order chi connectivity index (χ0) is 25.2. The molecule has 3 aromatic rings. The minimum atomic E-state index is -0.378. The van der Waals surface area contributed by atoms with E-state index in [1.165, 1.54) is 11.8 Å². The molecular formula is C28H30N2O4S. The van der Waals surface area contributed by atoms with Gasteiger partial charge in [-0.15, -0.1) is 11.8 Å². The summed E-state index contributed by atoms with van der Waals surface area (Å²) in [6.07, 6.45) is 1.79. The van der Waals surface area contributed by atoms with Crippen LogP contribution >= 0.6 is 11.8 Å². The highest BCUT2D eigenvalue weighted by Gasteiger charge is 2.16. The standard InChI is InChI=1S/C28H30N2O4S/c1-4-5-16-34-28(33)21-12-14-23(15-13-21)29-26(31)20(3)35-25-11-7-10-24(18-25)30-27(32)22-9-6-8-19(2)17-22/h6-15,17-18,20H,4-5,16H2,1-3H3,(H,29,31)(H,30,32). The lowest BCUT2D eigenvalue weighted by atomic mass is 10.1. The number of amides is 2. The molecule has 1 atom stereocenters. The zero-order valence-corrected chi connectivity index (χ0v) is 21.0. The fourth-order valence-corrected chi connectivity index (χ4v) is 4.15. The molecule has 1 unspecified atom stereocenters. The summed E-state index contributed by atoms with van der Waals surface area (Å²) in [5.41, 5.74) is 3.33. The molecule has 0 aromatic heterocycles. The maximum atomic E-state index is 12.7. The number of hydrogen-bond acceptors (Lipinski definition) is 5. The van der Waals surface area contributed by atoms with Crippen LogP contribution in [0.1, 0.15) is 53.0 Å². The molecule has 0 saturated heterocycles. The van der Waals surface area contributed by atoms with Gasteiger partial charge in [-0.2, -0.15) is 0 Å². The normalized spacial score (nSPS) is 11.4. The Kier molecular flexibility index (Phi) is 9.49. The van der Waals surface area contributed by atoms with Gasteiger partial charge >= 0.3 is 5.97 Å². The molecule has 0 aliphatic rings. The lowest BCUT2D eigenvalue weighted by Crippen LogP contribution is -2.22. The molecule has 3 aromatic carbocycles. The SMILES string of the molecule is CCCCOC(=O)c1ccc(NC(=O)C(C)Sc2cccc(NC(=O)c3cccc(C)c3)c2)cc1. The van der Waals surface area contributed by atoms with Crippen LogP contribution in [0.4, 0.5) is 11.4 Å². The highest BCUT2D eigenvalue weighted by molar-refractivity contribution is 8.00. The topological polar surface area (TPSA) is 84.5 Å². The third-order valence-corrected chi connectivity index (χ3v) is 6.27. The van der Waals surface area contributed by atoms with Crippen LogP contribution in [0, 0.1) is 6.92 Å². The van der Waals surface area contributed by atoms with Crippen LogP contribution < -0.4 is 10.6 Å². The number of benzene rings is 3. The van der Waals surface area contributed by atoms with E-state index in [1.54, 1.807) is 30.3 Å². The fourth-order valence-electron chi connectivity index (χ4n) is 3.22. The van der Waals surface area contributed by atoms with Crippen molar-refractivity contribution >= 4 is 40.9 Å². The van der Waals surface area contributed by atoms with Crippen molar-refractivity contribution in [2.45, 2.75) is 43.8 Å². The molecule has 0 heterocycles. The van der Waals surface area contributed by atoms with Gasteiger partial charge < -0.3 is 15.4 Å². The molecule has 0 spiro atoms. The Morgan fingerprint density at radius 2 is 1.63 bits per heavy atom. The number of hydrogen-bond donors (Lipinski definition) is 2. The van der Waals surface area contributed by atoms with Gasteiger partial charge in [-0.25, -0.2) is 4.79 Å². The van der Waals surface area contributed by atoms with Crippen molar-refractivity contribution in [3.05, 3.63) is 89.5 Å². The number of carbonyl (C=O) groups is 3. The van der Waals surface area contributed by atoms with Crippen LogP contribution in [0.15, 0.2) is 77.7 Å². The molecular weight excluding hydrogens is 460 g/mol. The monoisotopic (exact) mass is 490 g/mol. The van der Waals surface area contributed by atoms with E-state index >= 15 is 0 Å². The highest BCUT2D eigenvalue weighted by Crippen LogP contribution is 2.27. The number of anilines is 2. The number of unbranched alkanes of at least 4 members (excludes halogenated alkanes) is 1. The minimum Gasteiger partial charge on any atom is -0.462 e. The van der Waals surface area contributed by atoms with Crippen molar-refractivity contribution in [1.82, 2.24) is 0 Å². The van der Waals surface area contributed by atoms with E-state index in [9.17, 15) is 14.4 Å². The van der Waals surface area contributed by atoms with Crippen molar-refractivity contribution in [3.63, 3.8) is 0 Å². The molecule has 0 saturated carbocycles. The lowest BCUT2D eigenvalue weighted by Gasteiger charge is -2.13. The molecule has 0 aliphatic heterocycles. The Hall–Kier alpha value is -3.58. The quantitative estimate of drug-likeness (QED) is 0.197. The number of thioether (sulfide) groups is 1. The molecule has 182 valence electrons. The first-order valence-corrected chi connectivity index (χ1v) is 12.5. The highest BCUT2D eigenvalue weighted by atomic mass is 32.2.